The SMILES string of the molecule is CNC(=O)c1ccccc1Nc1nc(Nc2ccc(C3CCN(C4CCCCC(N[C@H](C(=O)N5C[C@H](O)C[C@H]5C(=O)NCc5ccc(-c6scnc6C)cc5)C(C)(C)C)C4)CC3)cc2OC)ncc1Cl. The molecule has 5 aromatic rings. The van der Waals surface area contributed by atoms with Crippen LogP contribution in [0.1, 0.15) is 105 Å². The second-order valence-electron chi connectivity index (χ2n) is 19.9. The fourth-order valence-electron chi connectivity index (χ4n) is 10.2. The number of aliphatic hydroxyl groups excluding tert-OH is 1. The van der Waals surface area contributed by atoms with Gasteiger partial charge in [0.15, 0.2) is 5.82 Å². The molecule has 3 aliphatic rings. The number of methoxy groups -OCH3 is 1. The molecule has 2 saturated heterocycles. The minimum absolute atomic E-state index is 0.130. The number of para-hydroxylation sites is 1. The Morgan fingerprint density at radius 2 is 1.70 bits per heavy atom. The van der Waals surface area contributed by atoms with E-state index in [1.807, 2.05) is 48.8 Å². The number of amides is 3. The number of β-amino-alcohol motifs (C(OH)–C–C–N with tert-alkyl or cyclic N) is 1. The second-order valence-corrected chi connectivity index (χ2v) is 21.2. The van der Waals surface area contributed by atoms with E-state index in [4.69, 9.17) is 16.3 Å². The number of carbonyl (C=O) groups is 3. The molecule has 3 amide bonds. The Hall–Kier alpha value is -5.65. The Balaban J connectivity index is 0.863. The summed E-state index contributed by atoms with van der Waals surface area (Å²) in [6.45, 7) is 10.6. The van der Waals surface area contributed by atoms with Gasteiger partial charge in [0.25, 0.3) is 5.91 Å². The van der Waals surface area contributed by atoms with Gasteiger partial charge in [-0.15, -0.1) is 11.3 Å². The van der Waals surface area contributed by atoms with E-state index in [9.17, 15) is 19.5 Å². The minimum atomic E-state index is -0.767. The van der Waals surface area contributed by atoms with Crippen molar-refractivity contribution < 1.29 is 24.2 Å². The first kappa shape index (κ1) is 50.7. The molecule has 0 radical (unpaired) electrons. The number of hydrogen-bond acceptors (Lipinski definition) is 13. The number of aryl methyl sites for hydroxylation is 1. The van der Waals surface area contributed by atoms with Crippen LogP contribution >= 0.6 is 22.9 Å². The molecule has 17 heteroatoms. The zero-order chi connectivity index (χ0) is 49.5. The molecule has 5 atom stereocenters. The number of nitrogens with zero attached hydrogens (tertiary/aromatic N) is 5. The van der Waals surface area contributed by atoms with Gasteiger partial charge in [0.2, 0.25) is 17.8 Å². The van der Waals surface area contributed by atoms with Crippen LogP contribution < -0.4 is 31.3 Å². The Morgan fingerprint density at radius 1 is 0.943 bits per heavy atom. The Labute approximate surface area is 420 Å². The number of piperidine rings is 1. The number of rotatable bonds is 15. The van der Waals surface area contributed by atoms with Crippen molar-refractivity contribution >= 4 is 63.8 Å². The number of halogens is 1. The number of aliphatic hydroxyl groups is 1. The fourth-order valence-corrected chi connectivity index (χ4v) is 11.2. The molecule has 6 N–H and O–H groups in total. The van der Waals surface area contributed by atoms with E-state index in [-0.39, 0.29) is 36.7 Å². The highest BCUT2D eigenvalue weighted by Gasteiger charge is 2.45. The molecule has 2 aliphatic heterocycles. The molecular weight excluding hydrogens is 924 g/mol. The van der Waals surface area contributed by atoms with Crippen LogP contribution in [0.4, 0.5) is 23.1 Å². The molecule has 2 unspecified atom stereocenters. The molecule has 372 valence electrons. The lowest BCUT2D eigenvalue weighted by Gasteiger charge is -2.40. The Morgan fingerprint density at radius 3 is 2.41 bits per heavy atom. The lowest BCUT2D eigenvalue weighted by molar-refractivity contribution is -0.142. The van der Waals surface area contributed by atoms with Crippen LogP contribution in [-0.4, -0.2) is 112 Å². The summed E-state index contributed by atoms with van der Waals surface area (Å²) in [5.41, 5.74) is 7.41. The summed E-state index contributed by atoms with van der Waals surface area (Å²) in [6, 6.07) is 20.7. The second kappa shape index (κ2) is 22.6. The van der Waals surface area contributed by atoms with Crippen molar-refractivity contribution in [3.8, 4) is 16.2 Å². The van der Waals surface area contributed by atoms with Crippen molar-refractivity contribution in [2.45, 2.75) is 122 Å². The molecule has 70 heavy (non-hydrogen) atoms. The highest BCUT2D eigenvalue weighted by molar-refractivity contribution is 7.13. The number of thiazole rings is 1. The number of aromatic nitrogens is 3. The van der Waals surface area contributed by atoms with E-state index >= 15 is 0 Å². The van der Waals surface area contributed by atoms with E-state index < -0.39 is 23.6 Å². The topological polar surface area (TPSA) is 186 Å². The van der Waals surface area contributed by atoms with Crippen LogP contribution in [0.5, 0.6) is 5.75 Å². The quantitative estimate of drug-likeness (QED) is 0.0550. The van der Waals surface area contributed by atoms with E-state index in [0.717, 1.165) is 79.7 Å². The fraction of sp³-hybridized carbons (Fsp3) is 0.472. The standard InChI is InChI=1S/C53H67ClN10O5S/c1-32-46(70-31-58-32)35-17-15-33(16-18-35)28-56-50(67)44-27-39(65)30-64(44)51(68)47(53(2,3)4)59-37-11-7-8-12-38(26-37)63-23-21-34(22-24-63)36-19-20-43(45(25-36)69-6)61-52-57-29-41(54)48(62-52)60-42-14-10-9-13-40(42)49(66)55-5/h9-10,13-20,25,29,31,34,37-39,44,47,59,65H,7-8,11-12,21-24,26-28,30H2,1-6H3,(H,55,66)(H,56,67)(H2,57,60,61,62)/t37?,38?,39-,44+,47-/m1/s1. The van der Waals surface area contributed by atoms with Crippen LogP contribution in [0.2, 0.25) is 5.02 Å². The highest BCUT2D eigenvalue weighted by atomic mass is 35.5. The molecule has 1 aliphatic carbocycles. The van der Waals surface area contributed by atoms with Gasteiger partial charge < -0.3 is 46.2 Å². The maximum absolute atomic E-state index is 14.6. The molecule has 4 heterocycles. The van der Waals surface area contributed by atoms with E-state index in [1.54, 1.807) is 48.6 Å². The number of carbonyl (C=O) groups excluding carboxylic acids is 3. The smallest absolute Gasteiger partial charge is 0.253 e. The Kier molecular flexibility index (Phi) is 16.4. The summed E-state index contributed by atoms with van der Waals surface area (Å²) in [5, 5.41) is 27.2. The third kappa shape index (κ3) is 12.1. The van der Waals surface area contributed by atoms with Gasteiger partial charge in [0, 0.05) is 38.6 Å². The first-order chi connectivity index (χ1) is 33.7. The van der Waals surface area contributed by atoms with Crippen LogP contribution in [0, 0.1) is 12.3 Å². The zero-order valence-electron chi connectivity index (χ0n) is 41.1. The zero-order valence-corrected chi connectivity index (χ0v) is 42.6. The Bertz CT molecular complexity index is 2620. The highest BCUT2D eigenvalue weighted by Crippen LogP contribution is 2.38. The minimum Gasteiger partial charge on any atom is -0.495 e. The van der Waals surface area contributed by atoms with Crippen molar-refractivity contribution in [2.24, 2.45) is 5.41 Å². The van der Waals surface area contributed by atoms with Gasteiger partial charge in [0.05, 0.1) is 58.5 Å². The van der Waals surface area contributed by atoms with Gasteiger partial charge in [-0.05, 0) is 104 Å². The number of likely N-dealkylation sites (tertiary alicyclic amines) is 2. The number of nitrogens with one attached hydrogen (secondary N) is 5. The number of ether oxygens (including phenoxy) is 1. The lowest BCUT2D eigenvalue weighted by Crippen LogP contribution is -2.59. The third-order valence-electron chi connectivity index (χ3n) is 14.1. The molecular formula is C53H67ClN10O5S. The van der Waals surface area contributed by atoms with Crippen molar-refractivity contribution in [3.05, 3.63) is 106 Å². The van der Waals surface area contributed by atoms with Gasteiger partial charge in [-0.2, -0.15) is 4.98 Å². The number of hydrogen-bond donors (Lipinski definition) is 6. The monoisotopic (exact) mass is 990 g/mol. The molecule has 3 fully saturated rings. The van der Waals surface area contributed by atoms with Crippen molar-refractivity contribution in [1.82, 2.24) is 40.7 Å². The van der Waals surface area contributed by atoms with Gasteiger partial charge in [-0.3, -0.25) is 14.4 Å². The number of benzene rings is 3. The summed E-state index contributed by atoms with van der Waals surface area (Å²) < 4.78 is 5.88. The molecule has 0 bridgehead atoms. The maximum Gasteiger partial charge on any atom is 0.253 e. The van der Waals surface area contributed by atoms with Crippen molar-refractivity contribution in [1.29, 1.82) is 0 Å². The summed E-state index contributed by atoms with van der Waals surface area (Å²) in [6.07, 6.45) is 8.23. The van der Waals surface area contributed by atoms with Crippen LogP contribution in [0.3, 0.4) is 0 Å². The van der Waals surface area contributed by atoms with Gasteiger partial charge in [0.1, 0.15) is 16.8 Å². The van der Waals surface area contributed by atoms with Crippen LogP contribution in [0.15, 0.2) is 78.4 Å². The largest absolute Gasteiger partial charge is 0.495 e. The predicted octanol–water partition coefficient (Wildman–Crippen LogP) is 8.58. The van der Waals surface area contributed by atoms with Crippen LogP contribution in [-0.2, 0) is 16.1 Å². The molecule has 8 rings (SSSR count). The van der Waals surface area contributed by atoms with E-state index in [2.05, 4.69) is 79.3 Å². The lowest BCUT2D eigenvalue weighted by atomic mass is 9.84. The normalized spacial score (nSPS) is 20.6. The van der Waals surface area contributed by atoms with Gasteiger partial charge >= 0.3 is 0 Å². The summed E-state index contributed by atoms with van der Waals surface area (Å²) in [4.78, 5) is 59.6. The van der Waals surface area contributed by atoms with E-state index in [0.29, 0.717) is 58.0 Å². The molecule has 3 aromatic carbocycles. The molecule has 2 aromatic heterocycles. The van der Waals surface area contributed by atoms with Crippen molar-refractivity contribution in [3.63, 3.8) is 0 Å². The van der Waals surface area contributed by atoms with Gasteiger partial charge in [-0.1, -0.05) is 87.7 Å². The van der Waals surface area contributed by atoms with Crippen LogP contribution in [0.25, 0.3) is 10.4 Å². The first-order valence-corrected chi connectivity index (χ1v) is 25.8. The molecule has 15 nitrogen and oxygen atoms in total. The first-order valence-electron chi connectivity index (χ1n) is 24.5. The summed E-state index contributed by atoms with van der Waals surface area (Å²) >= 11 is 8.10. The van der Waals surface area contributed by atoms with Gasteiger partial charge in [-0.25, -0.2) is 9.97 Å². The number of anilines is 4. The average Bonchev–Trinajstić information content (AvgIpc) is 3.90. The molecule has 1 saturated carbocycles. The third-order valence-corrected chi connectivity index (χ3v) is 15.3. The maximum atomic E-state index is 14.6. The summed E-state index contributed by atoms with van der Waals surface area (Å²) in [7, 11) is 3.24. The molecule has 0 spiro atoms. The summed E-state index contributed by atoms with van der Waals surface area (Å²) in [5.74, 6) is 1.10. The predicted molar refractivity (Wildman–Crippen MR) is 277 cm³/mol. The van der Waals surface area contributed by atoms with Crippen molar-refractivity contribution in [2.75, 3.05) is 44.4 Å². The average molecular weight is 992 g/mol. The van der Waals surface area contributed by atoms with E-state index in [1.165, 1.54) is 11.8 Å².